The Morgan fingerprint density at radius 3 is 1.73 bits per heavy atom. The molecule has 4 heterocycles. The third-order valence-electron chi connectivity index (χ3n) is 11.5. The lowest BCUT2D eigenvalue weighted by atomic mass is 9.73. The zero-order chi connectivity index (χ0) is 42.6. The molecule has 15 heteroatoms. The van der Waals surface area contributed by atoms with E-state index in [-0.39, 0.29) is 11.8 Å². The second-order valence-electron chi connectivity index (χ2n) is 15.2. The molecule has 0 aromatic heterocycles. The van der Waals surface area contributed by atoms with Gasteiger partial charge in [0.1, 0.15) is 0 Å². The van der Waals surface area contributed by atoms with E-state index in [2.05, 4.69) is 40.9 Å². The fraction of sp³-hybridized carbons (Fsp3) is 0.318. The molecule has 4 aliphatic heterocycles. The van der Waals surface area contributed by atoms with E-state index in [1.807, 2.05) is 30.3 Å². The first-order valence-corrected chi connectivity index (χ1v) is 19.4. The van der Waals surface area contributed by atoms with Crippen molar-refractivity contribution in [2.75, 3.05) is 39.8 Å². The topological polar surface area (TPSA) is 223 Å². The highest BCUT2D eigenvalue weighted by Crippen LogP contribution is 2.38. The molecule has 4 aliphatic rings. The van der Waals surface area contributed by atoms with Crippen LogP contribution < -0.4 is 16.0 Å². The van der Waals surface area contributed by atoms with E-state index in [0.717, 1.165) is 73.7 Å². The lowest BCUT2D eigenvalue weighted by Gasteiger charge is -2.34. The van der Waals surface area contributed by atoms with Crippen LogP contribution in [-0.2, 0) is 9.59 Å². The van der Waals surface area contributed by atoms with Crippen LogP contribution in [0.2, 0.25) is 5.02 Å². The van der Waals surface area contributed by atoms with Crippen molar-refractivity contribution in [2.24, 2.45) is 11.8 Å². The molecule has 7 atom stereocenters. The number of ketones is 2. The number of nitrogens with zero attached hydrogens (tertiary/aromatic N) is 1. The predicted octanol–water partition coefficient (Wildman–Crippen LogP) is 3.23. The summed E-state index contributed by atoms with van der Waals surface area (Å²) in [7, 11) is 2.13. The van der Waals surface area contributed by atoms with Gasteiger partial charge in [-0.1, -0.05) is 96.5 Å². The molecule has 4 aromatic carbocycles. The third kappa shape index (κ3) is 8.27. The molecule has 308 valence electrons. The molecule has 0 spiro atoms. The number of carbonyl (C=O) groups excluding carboxylic acids is 4. The fourth-order valence-electron chi connectivity index (χ4n) is 8.48. The fourth-order valence-corrected chi connectivity index (χ4v) is 8.65. The quantitative estimate of drug-likeness (QED) is 0.106. The standard InChI is InChI=1S/C18H14O8.C13H15ClN2O.C13H16N2O/c19-13(11-7-3-1-4-8-11)17(25,15(21)22)18(26,16(23)24)14(20)12-9-5-2-6-10-12;1-16-6-8-5-15-13(17)11-4-9(14)2-3-10(11)12(8)7-16;1-8-12-9(6-14-8)7-15-13(16)11-5-3-2-4-10(11)12/h1-10,25-26H,(H,21,22)(H,23,24);2-4,8,12H,5-7H2,1H3,(H,15,17);2-5,8-9,12,14H,6-7H2,1H3,(H,15,16)/t17-,18-;8-,12-;/m10./s1. The number of likely N-dealkylation sites (tertiary alicyclic amines) is 1. The number of rotatable bonds is 7. The van der Waals surface area contributed by atoms with Gasteiger partial charge >= 0.3 is 11.9 Å². The van der Waals surface area contributed by atoms with E-state index in [4.69, 9.17) is 11.6 Å². The molecule has 3 unspecified atom stereocenters. The highest BCUT2D eigenvalue weighted by atomic mass is 35.5. The summed E-state index contributed by atoms with van der Waals surface area (Å²) in [6.45, 7) is 6.83. The van der Waals surface area contributed by atoms with Crippen LogP contribution in [0.3, 0.4) is 0 Å². The van der Waals surface area contributed by atoms with Crippen molar-refractivity contribution in [1.29, 1.82) is 0 Å². The van der Waals surface area contributed by atoms with Crippen molar-refractivity contribution in [3.63, 3.8) is 0 Å². The average Bonchev–Trinajstić information content (AvgIpc) is 3.73. The number of carbonyl (C=O) groups is 6. The van der Waals surface area contributed by atoms with Crippen molar-refractivity contribution < 1.29 is 49.2 Å². The number of carboxylic acid groups (broad SMARTS) is 2. The molecular formula is C44H45ClN4O10. The van der Waals surface area contributed by atoms with Crippen molar-refractivity contribution in [2.45, 2.75) is 36.0 Å². The summed E-state index contributed by atoms with van der Waals surface area (Å²) in [4.78, 5) is 74.8. The Balaban J connectivity index is 0.000000154. The zero-order valence-electron chi connectivity index (χ0n) is 32.3. The van der Waals surface area contributed by atoms with Gasteiger partial charge in [-0.3, -0.25) is 19.2 Å². The number of aliphatic carboxylic acids is 2. The SMILES string of the molecule is CC1NCC2CNC(=O)c3ccccc3C21.CN1C[C@@H]2CNC(=O)c3cc(Cl)ccc3[C@H]2C1.O=C(O)[C@](O)(C(=O)c1ccccc1)[C@](O)(C(=O)O)C(=O)c1ccccc1. The van der Waals surface area contributed by atoms with Gasteiger partial charge in [-0.15, -0.1) is 0 Å². The first-order chi connectivity index (χ1) is 28.1. The molecule has 2 fully saturated rings. The van der Waals surface area contributed by atoms with Crippen LogP contribution in [0.1, 0.15) is 71.3 Å². The maximum atomic E-state index is 12.6. The van der Waals surface area contributed by atoms with Crippen LogP contribution >= 0.6 is 11.6 Å². The van der Waals surface area contributed by atoms with Crippen LogP contribution in [0.5, 0.6) is 0 Å². The number of nitrogens with one attached hydrogen (secondary N) is 3. The smallest absolute Gasteiger partial charge is 0.348 e. The van der Waals surface area contributed by atoms with Crippen LogP contribution in [0.15, 0.2) is 103 Å². The Kier molecular flexibility index (Phi) is 12.8. The van der Waals surface area contributed by atoms with Gasteiger partial charge in [0.25, 0.3) is 23.0 Å². The van der Waals surface area contributed by atoms with E-state index in [1.165, 1.54) is 42.0 Å². The summed E-state index contributed by atoms with van der Waals surface area (Å²) in [5.41, 5.74) is -4.72. The predicted molar refractivity (Wildman–Crippen MR) is 217 cm³/mol. The maximum absolute atomic E-state index is 12.6. The number of carboxylic acids is 2. The minimum Gasteiger partial charge on any atom is -0.479 e. The molecular weight excluding hydrogens is 780 g/mol. The van der Waals surface area contributed by atoms with Gasteiger partial charge in [-0.25, -0.2) is 9.59 Å². The van der Waals surface area contributed by atoms with Crippen molar-refractivity contribution in [1.82, 2.24) is 20.9 Å². The molecule has 59 heavy (non-hydrogen) atoms. The normalized spacial score (nSPS) is 23.7. The number of amides is 2. The Hall–Kier alpha value is -5.77. The Bertz CT molecular complexity index is 2180. The molecule has 0 radical (unpaired) electrons. The van der Waals surface area contributed by atoms with Crippen LogP contribution in [0.4, 0.5) is 0 Å². The molecule has 0 bridgehead atoms. The minimum absolute atomic E-state index is 0.0135. The van der Waals surface area contributed by atoms with Gasteiger partial charge in [0.05, 0.1) is 0 Å². The van der Waals surface area contributed by atoms with Crippen molar-refractivity contribution in [3.05, 3.63) is 142 Å². The Labute approximate surface area is 345 Å². The third-order valence-corrected chi connectivity index (χ3v) is 11.8. The Morgan fingerprint density at radius 1 is 0.661 bits per heavy atom. The van der Waals surface area contributed by atoms with Gasteiger partial charge < -0.3 is 41.3 Å². The maximum Gasteiger partial charge on any atom is 0.348 e. The highest BCUT2D eigenvalue weighted by Gasteiger charge is 2.70. The van der Waals surface area contributed by atoms with Crippen LogP contribution in [0.25, 0.3) is 0 Å². The molecule has 2 saturated heterocycles. The van der Waals surface area contributed by atoms with E-state index in [0.29, 0.717) is 34.7 Å². The summed E-state index contributed by atoms with van der Waals surface area (Å²) >= 11 is 5.98. The number of Topliss-reactive ketones (excluding diaryl/α,β-unsaturated/α-hetero) is 2. The monoisotopic (exact) mass is 824 g/mol. The largest absolute Gasteiger partial charge is 0.479 e. The zero-order valence-corrected chi connectivity index (χ0v) is 33.1. The first-order valence-electron chi connectivity index (χ1n) is 19.1. The van der Waals surface area contributed by atoms with E-state index in [9.17, 15) is 49.2 Å². The molecule has 7 N–H and O–H groups in total. The number of halogens is 1. The summed E-state index contributed by atoms with van der Waals surface area (Å²) in [6, 6.07) is 27.0. The Morgan fingerprint density at radius 2 is 1.17 bits per heavy atom. The number of hydrogen-bond acceptors (Lipinski definition) is 10. The average molecular weight is 825 g/mol. The minimum atomic E-state index is -3.95. The number of hydrogen-bond donors (Lipinski definition) is 7. The van der Waals surface area contributed by atoms with Gasteiger partial charge in [0, 0.05) is 77.9 Å². The number of fused-ring (bicyclic) bond motifs is 6. The lowest BCUT2D eigenvalue weighted by Crippen LogP contribution is -2.71. The van der Waals surface area contributed by atoms with Crippen molar-refractivity contribution in [3.8, 4) is 0 Å². The molecule has 2 amide bonds. The second-order valence-corrected chi connectivity index (χ2v) is 15.7. The summed E-state index contributed by atoms with van der Waals surface area (Å²) in [5.74, 6) is -5.97. The summed E-state index contributed by atoms with van der Waals surface area (Å²) < 4.78 is 0. The number of benzene rings is 4. The summed E-state index contributed by atoms with van der Waals surface area (Å²) in [6.07, 6.45) is 0. The van der Waals surface area contributed by atoms with E-state index >= 15 is 0 Å². The number of likely N-dealkylation sites (N-methyl/N-ethyl adjacent to an activating group) is 1. The highest BCUT2D eigenvalue weighted by molar-refractivity contribution is 6.31. The molecule has 4 aromatic rings. The number of aliphatic hydroxyl groups is 2. The van der Waals surface area contributed by atoms with Gasteiger partial charge in [0.15, 0.2) is 0 Å². The second kappa shape index (κ2) is 17.6. The summed E-state index contributed by atoms with van der Waals surface area (Å²) in [5, 5.41) is 50.0. The van der Waals surface area contributed by atoms with Gasteiger partial charge in [-0.2, -0.15) is 0 Å². The van der Waals surface area contributed by atoms with E-state index < -0.39 is 45.8 Å². The van der Waals surface area contributed by atoms with Gasteiger partial charge in [0.2, 0.25) is 11.6 Å². The van der Waals surface area contributed by atoms with Crippen molar-refractivity contribution >= 4 is 46.9 Å². The van der Waals surface area contributed by atoms with E-state index in [1.54, 1.807) is 6.07 Å². The molecule has 0 aliphatic carbocycles. The molecule has 14 nitrogen and oxygen atoms in total. The van der Waals surface area contributed by atoms with Crippen LogP contribution in [0, 0.1) is 11.8 Å². The first kappa shape index (κ1) is 42.8. The van der Waals surface area contributed by atoms with Gasteiger partial charge in [-0.05, 0) is 55.1 Å². The lowest BCUT2D eigenvalue weighted by molar-refractivity contribution is -0.187. The molecule has 8 rings (SSSR count). The molecule has 0 saturated carbocycles. The van der Waals surface area contributed by atoms with Crippen LogP contribution in [-0.4, -0.2) is 118 Å².